The summed E-state index contributed by atoms with van der Waals surface area (Å²) in [4.78, 5) is 33.6. The molecule has 4 aromatic rings. The molecule has 1 aliphatic heterocycles. The summed E-state index contributed by atoms with van der Waals surface area (Å²) in [5, 5.41) is 19.3. The summed E-state index contributed by atoms with van der Waals surface area (Å²) >= 11 is 6.93. The number of methoxy groups -OCH3 is 1. The zero-order valence-corrected chi connectivity index (χ0v) is 23.7. The van der Waals surface area contributed by atoms with Crippen LogP contribution in [0.2, 0.25) is 5.02 Å². The molecule has 1 aliphatic rings. The first-order chi connectivity index (χ1) is 19.8. The first-order valence-electron chi connectivity index (χ1n) is 13.6. The Morgan fingerprint density at radius 1 is 1.15 bits per heavy atom. The molecule has 5 rings (SSSR count). The molecule has 11 heteroatoms. The summed E-state index contributed by atoms with van der Waals surface area (Å²) in [6.07, 6.45) is 4.16. The Morgan fingerprint density at radius 3 is 2.71 bits per heavy atom. The van der Waals surface area contributed by atoms with Gasteiger partial charge in [0.2, 0.25) is 11.8 Å². The summed E-state index contributed by atoms with van der Waals surface area (Å²) in [6.45, 7) is 3.62. The Morgan fingerprint density at radius 2 is 1.95 bits per heavy atom. The number of amides is 1. The van der Waals surface area contributed by atoms with Gasteiger partial charge in [-0.25, -0.2) is 9.97 Å². The highest BCUT2D eigenvalue weighted by Crippen LogP contribution is 2.36. The van der Waals surface area contributed by atoms with Crippen LogP contribution in [0.3, 0.4) is 0 Å². The van der Waals surface area contributed by atoms with Gasteiger partial charge in [0.25, 0.3) is 5.56 Å². The van der Waals surface area contributed by atoms with Crippen molar-refractivity contribution in [1.82, 2.24) is 30.3 Å². The highest BCUT2D eigenvalue weighted by atomic mass is 35.5. The number of hydrogen-bond donors (Lipinski definition) is 4. The quantitative estimate of drug-likeness (QED) is 0.214. The maximum absolute atomic E-state index is 12.9. The van der Waals surface area contributed by atoms with E-state index in [0.717, 1.165) is 28.7 Å². The SMILES string of the molecule is COc1nc(-c2cccc(-c3ccn4c(=O)c(CNC[C@@H](C)O)cnc4c3)c2Cl)ccc1CNC[C@@H]1CCC(=O)N1. The molecule has 10 nitrogen and oxygen atoms in total. The molecule has 1 amide bonds. The number of rotatable bonds is 11. The van der Waals surface area contributed by atoms with Gasteiger partial charge in [0, 0.05) is 73.3 Å². The molecular weight excluding hydrogens is 544 g/mol. The van der Waals surface area contributed by atoms with E-state index in [1.807, 2.05) is 42.5 Å². The monoisotopic (exact) mass is 576 g/mol. The number of ether oxygens (including phenoxy) is 1. The molecule has 0 saturated carbocycles. The average Bonchev–Trinajstić information content (AvgIpc) is 3.39. The maximum atomic E-state index is 12.9. The van der Waals surface area contributed by atoms with Crippen LogP contribution in [0.5, 0.6) is 5.88 Å². The molecule has 0 bridgehead atoms. The van der Waals surface area contributed by atoms with Gasteiger partial charge in [-0.2, -0.15) is 0 Å². The van der Waals surface area contributed by atoms with Gasteiger partial charge < -0.3 is 25.8 Å². The second-order valence-electron chi connectivity index (χ2n) is 10.2. The van der Waals surface area contributed by atoms with E-state index >= 15 is 0 Å². The van der Waals surface area contributed by atoms with Crippen molar-refractivity contribution in [2.24, 2.45) is 0 Å². The first-order valence-corrected chi connectivity index (χ1v) is 13.9. The van der Waals surface area contributed by atoms with Crippen LogP contribution in [0.15, 0.2) is 59.7 Å². The third-order valence-corrected chi connectivity index (χ3v) is 7.45. The van der Waals surface area contributed by atoms with Crippen LogP contribution < -0.4 is 26.2 Å². The van der Waals surface area contributed by atoms with Gasteiger partial charge in [-0.05, 0) is 37.1 Å². The van der Waals surface area contributed by atoms with Crippen molar-refractivity contribution in [3.05, 3.63) is 81.4 Å². The number of nitrogens with one attached hydrogen (secondary N) is 3. The number of benzene rings is 1. The minimum atomic E-state index is -0.501. The number of carbonyl (C=O) groups is 1. The lowest BCUT2D eigenvalue weighted by Gasteiger charge is -2.15. The number of hydrogen-bond acceptors (Lipinski definition) is 8. The standard InChI is InChI=1S/C30H33ClN6O4/c1-18(38)13-32-15-21-16-34-26-12-19(10-11-37(26)30(21)40)23-4-3-5-24(28(23)31)25-8-6-20(29(36-25)41-2)14-33-17-22-7-9-27(39)35-22/h3-6,8,10-12,16,18,22,32-33,38H,7,9,13-15,17H2,1-2H3,(H,35,39)/t18-,22+/m1/s1. The van der Waals surface area contributed by atoms with Gasteiger partial charge in [0.15, 0.2) is 0 Å². The van der Waals surface area contributed by atoms with Crippen molar-refractivity contribution in [3.8, 4) is 28.3 Å². The van der Waals surface area contributed by atoms with E-state index in [0.29, 0.717) is 60.4 Å². The Balaban J connectivity index is 1.36. The fraction of sp³-hybridized carbons (Fsp3) is 0.333. The second kappa shape index (κ2) is 12.8. The summed E-state index contributed by atoms with van der Waals surface area (Å²) in [6, 6.07) is 13.4. The van der Waals surface area contributed by atoms with E-state index in [2.05, 4.69) is 20.9 Å². The van der Waals surface area contributed by atoms with Gasteiger partial charge in [-0.15, -0.1) is 0 Å². The molecule has 1 fully saturated rings. The Hall–Kier alpha value is -3.83. The second-order valence-corrected chi connectivity index (χ2v) is 10.6. The number of nitrogens with zero attached hydrogens (tertiary/aromatic N) is 3. The van der Waals surface area contributed by atoms with Crippen LogP contribution in [0.25, 0.3) is 28.0 Å². The molecule has 1 aromatic carbocycles. The van der Waals surface area contributed by atoms with Crippen LogP contribution in [0, 0.1) is 0 Å². The Bertz CT molecular complexity index is 1620. The Kier molecular flexibility index (Phi) is 8.94. The average molecular weight is 577 g/mol. The minimum absolute atomic E-state index is 0.0973. The van der Waals surface area contributed by atoms with Crippen LogP contribution >= 0.6 is 11.6 Å². The lowest BCUT2D eigenvalue weighted by atomic mass is 10.0. The van der Waals surface area contributed by atoms with E-state index in [4.69, 9.17) is 21.3 Å². The molecule has 41 heavy (non-hydrogen) atoms. The molecule has 2 atom stereocenters. The predicted octanol–water partition coefficient (Wildman–Crippen LogP) is 2.92. The van der Waals surface area contributed by atoms with Crippen molar-refractivity contribution in [1.29, 1.82) is 0 Å². The highest BCUT2D eigenvalue weighted by Gasteiger charge is 2.20. The number of aliphatic hydroxyl groups is 1. The Labute approximate surface area is 242 Å². The predicted molar refractivity (Wildman–Crippen MR) is 158 cm³/mol. The van der Waals surface area contributed by atoms with Gasteiger partial charge >= 0.3 is 0 Å². The lowest BCUT2D eigenvalue weighted by Crippen LogP contribution is -2.35. The van der Waals surface area contributed by atoms with Gasteiger partial charge in [-0.1, -0.05) is 35.9 Å². The molecule has 0 spiro atoms. The summed E-state index contributed by atoms with van der Waals surface area (Å²) in [5.74, 6) is 0.597. The highest BCUT2D eigenvalue weighted by molar-refractivity contribution is 6.36. The first kappa shape index (κ1) is 28.7. The molecule has 4 N–H and O–H groups in total. The third kappa shape index (κ3) is 6.57. The number of pyridine rings is 2. The van der Waals surface area contributed by atoms with Crippen molar-refractivity contribution in [3.63, 3.8) is 0 Å². The molecule has 0 radical (unpaired) electrons. The van der Waals surface area contributed by atoms with Crippen LogP contribution in [-0.4, -0.2) is 57.7 Å². The fourth-order valence-corrected chi connectivity index (χ4v) is 5.24. The van der Waals surface area contributed by atoms with Gasteiger partial charge in [0.1, 0.15) is 5.65 Å². The van der Waals surface area contributed by atoms with Crippen molar-refractivity contribution < 1.29 is 14.6 Å². The molecule has 3 aromatic heterocycles. The van der Waals surface area contributed by atoms with Crippen molar-refractivity contribution in [2.75, 3.05) is 20.2 Å². The normalized spacial score (nSPS) is 15.7. The third-order valence-electron chi connectivity index (χ3n) is 7.05. The molecule has 1 saturated heterocycles. The summed E-state index contributed by atoms with van der Waals surface area (Å²) in [7, 11) is 1.59. The van der Waals surface area contributed by atoms with Crippen LogP contribution in [0.4, 0.5) is 0 Å². The van der Waals surface area contributed by atoms with Crippen molar-refractivity contribution >= 4 is 23.2 Å². The maximum Gasteiger partial charge on any atom is 0.262 e. The fourth-order valence-electron chi connectivity index (χ4n) is 4.91. The van der Waals surface area contributed by atoms with Gasteiger partial charge in [-0.3, -0.25) is 14.0 Å². The van der Waals surface area contributed by atoms with E-state index in [9.17, 15) is 14.7 Å². The molecule has 0 aliphatic carbocycles. The molecule has 0 unspecified atom stereocenters. The van der Waals surface area contributed by atoms with E-state index in [-0.39, 0.29) is 17.5 Å². The molecule has 214 valence electrons. The number of carbonyl (C=O) groups excluding carboxylic acids is 1. The van der Waals surface area contributed by atoms with Crippen molar-refractivity contribution in [2.45, 2.75) is 45.0 Å². The smallest absolute Gasteiger partial charge is 0.262 e. The summed E-state index contributed by atoms with van der Waals surface area (Å²) in [5.41, 5.74) is 4.77. The zero-order valence-electron chi connectivity index (χ0n) is 23.0. The molecular formula is C30H33ClN6O4. The zero-order chi connectivity index (χ0) is 28.9. The van der Waals surface area contributed by atoms with E-state index < -0.39 is 6.10 Å². The lowest BCUT2D eigenvalue weighted by molar-refractivity contribution is -0.119. The van der Waals surface area contributed by atoms with Crippen LogP contribution in [0.1, 0.15) is 30.9 Å². The topological polar surface area (TPSA) is 130 Å². The number of aliphatic hydroxyl groups excluding tert-OH is 1. The van der Waals surface area contributed by atoms with E-state index in [1.54, 1.807) is 26.4 Å². The number of fused-ring (bicyclic) bond motifs is 1. The van der Waals surface area contributed by atoms with E-state index in [1.165, 1.54) is 4.40 Å². The van der Waals surface area contributed by atoms with Crippen LogP contribution in [-0.2, 0) is 17.9 Å². The van der Waals surface area contributed by atoms with Gasteiger partial charge in [0.05, 0.1) is 23.9 Å². The summed E-state index contributed by atoms with van der Waals surface area (Å²) < 4.78 is 7.09. The number of halogens is 1. The molecule has 4 heterocycles. The largest absolute Gasteiger partial charge is 0.481 e. The minimum Gasteiger partial charge on any atom is -0.481 e. The number of aromatic nitrogens is 3.